The van der Waals surface area contributed by atoms with E-state index in [0.717, 1.165) is 16.5 Å². The van der Waals surface area contributed by atoms with Gasteiger partial charge in [-0.15, -0.1) is 0 Å². The fourth-order valence-corrected chi connectivity index (χ4v) is 2.35. The van der Waals surface area contributed by atoms with Gasteiger partial charge in [0, 0.05) is 29.2 Å². The number of nitrogens with zero attached hydrogens (tertiary/aromatic N) is 2. The molecule has 0 saturated carbocycles. The van der Waals surface area contributed by atoms with E-state index in [1.54, 1.807) is 16.9 Å². The molecule has 0 fully saturated rings. The number of aromatic nitrogens is 2. The molecular formula is C15H9FN2O. The van der Waals surface area contributed by atoms with Gasteiger partial charge in [0.25, 0.3) is 0 Å². The Labute approximate surface area is 107 Å². The van der Waals surface area contributed by atoms with Gasteiger partial charge in [-0.3, -0.25) is 0 Å². The summed E-state index contributed by atoms with van der Waals surface area (Å²) in [6.45, 7) is 0. The molecule has 2 aromatic heterocycles. The highest BCUT2D eigenvalue weighted by Crippen LogP contribution is 2.32. The average Bonchev–Trinajstić information content (AvgIpc) is 3.04. The Morgan fingerprint density at radius 1 is 1.05 bits per heavy atom. The molecule has 0 spiro atoms. The van der Waals surface area contributed by atoms with Gasteiger partial charge in [-0.25, -0.2) is 9.07 Å². The SMILES string of the molecule is Fc1ccc2c(c1)oc1c(-n3cccn3)cccc12. The number of fused-ring (bicyclic) bond motifs is 3. The summed E-state index contributed by atoms with van der Waals surface area (Å²) in [5, 5.41) is 6.08. The molecule has 2 aromatic carbocycles. The third-order valence-corrected chi connectivity index (χ3v) is 3.19. The average molecular weight is 252 g/mol. The fourth-order valence-electron chi connectivity index (χ4n) is 2.35. The Kier molecular flexibility index (Phi) is 2.00. The molecule has 4 aromatic rings. The summed E-state index contributed by atoms with van der Waals surface area (Å²) in [4.78, 5) is 0. The van der Waals surface area contributed by atoms with Crippen LogP contribution in [0.5, 0.6) is 0 Å². The molecule has 0 N–H and O–H groups in total. The Hall–Kier alpha value is -2.62. The molecule has 0 saturated heterocycles. The second-order valence-electron chi connectivity index (χ2n) is 4.35. The van der Waals surface area contributed by atoms with Crippen molar-refractivity contribution in [2.75, 3.05) is 0 Å². The van der Waals surface area contributed by atoms with Crippen molar-refractivity contribution in [1.29, 1.82) is 0 Å². The van der Waals surface area contributed by atoms with Crippen molar-refractivity contribution in [3.8, 4) is 5.69 Å². The zero-order valence-corrected chi connectivity index (χ0v) is 9.88. The molecule has 0 radical (unpaired) electrons. The molecule has 4 rings (SSSR count). The molecule has 0 aliphatic rings. The Balaban J connectivity index is 2.14. The van der Waals surface area contributed by atoms with Crippen LogP contribution in [-0.2, 0) is 0 Å². The van der Waals surface area contributed by atoms with Crippen molar-refractivity contribution in [3.63, 3.8) is 0 Å². The summed E-state index contributed by atoms with van der Waals surface area (Å²) in [6, 6.07) is 12.3. The Morgan fingerprint density at radius 2 is 2.00 bits per heavy atom. The fraction of sp³-hybridized carbons (Fsp3) is 0. The highest BCUT2D eigenvalue weighted by molar-refractivity contribution is 6.07. The van der Waals surface area contributed by atoms with Crippen molar-refractivity contribution in [3.05, 3.63) is 60.7 Å². The Bertz CT molecular complexity index is 878. The van der Waals surface area contributed by atoms with E-state index < -0.39 is 0 Å². The minimum Gasteiger partial charge on any atom is -0.454 e. The van der Waals surface area contributed by atoms with E-state index in [1.165, 1.54) is 12.1 Å². The van der Waals surface area contributed by atoms with Crippen molar-refractivity contribution >= 4 is 21.9 Å². The molecule has 2 heterocycles. The van der Waals surface area contributed by atoms with E-state index in [0.29, 0.717) is 11.2 Å². The third kappa shape index (κ3) is 1.46. The van der Waals surface area contributed by atoms with Gasteiger partial charge >= 0.3 is 0 Å². The molecule has 4 heteroatoms. The van der Waals surface area contributed by atoms with Crippen LogP contribution < -0.4 is 0 Å². The monoisotopic (exact) mass is 252 g/mol. The third-order valence-electron chi connectivity index (χ3n) is 3.19. The predicted octanol–water partition coefficient (Wildman–Crippen LogP) is 3.91. The highest BCUT2D eigenvalue weighted by atomic mass is 19.1. The number of hydrogen-bond acceptors (Lipinski definition) is 2. The Morgan fingerprint density at radius 3 is 2.84 bits per heavy atom. The second-order valence-corrected chi connectivity index (χ2v) is 4.35. The van der Waals surface area contributed by atoms with Crippen molar-refractivity contribution in [2.24, 2.45) is 0 Å². The van der Waals surface area contributed by atoms with Crippen LogP contribution in [0.25, 0.3) is 27.6 Å². The van der Waals surface area contributed by atoms with Crippen LogP contribution in [0.1, 0.15) is 0 Å². The van der Waals surface area contributed by atoms with Crippen LogP contribution in [0.3, 0.4) is 0 Å². The van der Waals surface area contributed by atoms with Crippen LogP contribution in [0.2, 0.25) is 0 Å². The van der Waals surface area contributed by atoms with Crippen LogP contribution >= 0.6 is 0 Å². The molecule has 0 aliphatic carbocycles. The van der Waals surface area contributed by atoms with Crippen molar-refractivity contribution < 1.29 is 8.81 Å². The smallest absolute Gasteiger partial charge is 0.161 e. The summed E-state index contributed by atoms with van der Waals surface area (Å²) >= 11 is 0. The first-order valence-corrected chi connectivity index (χ1v) is 5.94. The number of benzene rings is 2. The molecule has 0 amide bonds. The van der Waals surface area contributed by atoms with Gasteiger partial charge in [-0.2, -0.15) is 5.10 Å². The zero-order valence-electron chi connectivity index (χ0n) is 9.88. The van der Waals surface area contributed by atoms with E-state index in [4.69, 9.17) is 4.42 Å². The number of rotatable bonds is 1. The van der Waals surface area contributed by atoms with Gasteiger partial charge in [0.1, 0.15) is 17.1 Å². The molecule has 3 nitrogen and oxygen atoms in total. The standard InChI is InChI=1S/C15H9FN2O/c16-10-5-6-11-12-3-1-4-13(18-8-2-7-17-18)15(12)19-14(11)9-10/h1-9H. The lowest BCUT2D eigenvalue weighted by atomic mass is 10.1. The van der Waals surface area contributed by atoms with Crippen molar-refractivity contribution in [1.82, 2.24) is 9.78 Å². The molecule has 92 valence electrons. The van der Waals surface area contributed by atoms with Crippen LogP contribution in [-0.4, -0.2) is 9.78 Å². The van der Waals surface area contributed by atoms with Gasteiger partial charge in [-0.05, 0) is 24.3 Å². The molecule has 19 heavy (non-hydrogen) atoms. The van der Waals surface area contributed by atoms with Crippen molar-refractivity contribution in [2.45, 2.75) is 0 Å². The zero-order chi connectivity index (χ0) is 12.8. The van der Waals surface area contributed by atoms with Crippen LogP contribution in [0.15, 0.2) is 59.3 Å². The van der Waals surface area contributed by atoms with Gasteiger partial charge < -0.3 is 4.42 Å². The van der Waals surface area contributed by atoms with E-state index >= 15 is 0 Å². The van der Waals surface area contributed by atoms with E-state index in [2.05, 4.69) is 5.10 Å². The topological polar surface area (TPSA) is 31.0 Å². The van der Waals surface area contributed by atoms with Gasteiger partial charge in [0.15, 0.2) is 5.58 Å². The maximum absolute atomic E-state index is 13.3. The minimum atomic E-state index is -0.299. The van der Waals surface area contributed by atoms with E-state index in [1.807, 2.05) is 30.5 Å². The first-order chi connectivity index (χ1) is 9.33. The van der Waals surface area contributed by atoms with Gasteiger partial charge in [-0.1, -0.05) is 12.1 Å². The van der Waals surface area contributed by atoms with E-state index in [-0.39, 0.29) is 5.82 Å². The molecule has 0 bridgehead atoms. The second kappa shape index (κ2) is 3.68. The number of halogens is 1. The number of hydrogen-bond donors (Lipinski definition) is 0. The highest BCUT2D eigenvalue weighted by Gasteiger charge is 2.12. The summed E-state index contributed by atoms with van der Waals surface area (Å²) in [5.74, 6) is -0.299. The normalized spacial score (nSPS) is 11.4. The lowest BCUT2D eigenvalue weighted by Crippen LogP contribution is -1.93. The van der Waals surface area contributed by atoms with Gasteiger partial charge in [0.05, 0.1) is 0 Å². The van der Waals surface area contributed by atoms with Gasteiger partial charge in [0.2, 0.25) is 0 Å². The summed E-state index contributed by atoms with van der Waals surface area (Å²) < 4.78 is 20.8. The van der Waals surface area contributed by atoms with Crippen LogP contribution in [0.4, 0.5) is 4.39 Å². The lowest BCUT2D eigenvalue weighted by molar-refractivity contribution is 0.617. The van der Waals surface area contributed by atoms with E-state index in [9.17, 15) is 4.39 Å². The summed E-state index contributed by atoms with van der Waals surface area (Å²) in [6.07, 6.45) is 3.56. The number of para-hydroxylation sites is 1. The lowest BCUT2D eigenvalue weighted by Gasteiger charge is -2.01. The first-order valence-electron chi connectivity index (χ1n) is 5.94. The number of furan rings is 1. The predicted molar refractivity (Wildman–Crippen MR) is 70.8 cm³/mol. The molecule has 0 unspecified atom stereocenters. The molecular weight excluding hydrogens is 243 g/mol. The maximum atomic E-state index is 13.3. The molecule has 0 aliphatic heterocycles. The molecule has 0 atom stereocenters. The minimum absolute atomic E-state index is 0.299. The quantitative estimate of drug-likeness (QED) is 0.514. The van der Waals surface area contributed by atoms with Crippen LogP contribution in [0, 0.1) is 5.82 Å². The largest absolute Gasteiger partial charge is 0.454 e. The summed E-state index contributed by atoms with van der Waals surface area (Å²) in [7, 11) is 0. The maximum Gasteiger partial charge on any atom is 0.161 e. The first kappa shape index (κ1) is 10.3. The summed E-state index contributed by atoms with van der Waals surface area (Å²) in [5.41, 5.74) is 2.11.